The Labute approximate surface area is 217 Å². The van der Waals surface area contributed by atoms with Crippen LogP contribution in [0.25, 0.3) is 10.9 Å². The smallest absolute Gasteiger partial charge is 0.322 e. The first kappa shape index (κ1) is 29.6. The van der Waals surface area contributed by atoms with E-state index in [1.54, 1.807) is 12.3 Å². The number of carboxylic acids is 2. The molecule has 2 aromatic rings. The number of guanidine groups is 1. The quantitative estimate of drug-likeness (QED) is 0.0674. The minimum Gasteiger partial charge on any atom is -0.481 e. The van der Waals surface area contributed by atoms with Crippen molar-refractivity contribution in [3.05, 3.63) is 36.0 Å². The van der Waals surface area contributed by atoms with Crippen LogP contribution in [0.2, 0.25) is 0 Å². The molecular weight excluding hydrogens is 500 g/mol. The maximum absolute atomic E-state index is 13.2. The molecule has 38 heavy (non-hydrogen) atoms. The van der Waals surface area contributed by atoms with Crippen LogP contribution in [-0.2, 0) is 30.4 Å². The number of para-hydroxylation sites is 1. The molecule has 0 fully saturated rings. The Balaban J connectivity index is 2.24. The maximum atomic E-state index is 13.2. The van der Waals surface area contributed by atoms with Crippen LogP contribution in [0.1, 0.15) is 24.8 Å². The number of hydrogen-bond donors (Lipinski definition) is 9. The first-order chi connectivity index (χ1) is 18.0. The Kier molecular flexibility index (Phi) is 11.0. The molecule has 1 heterocycles. The Morgan fingerprint density at radius 3 is 2.29 bits per heavy atom. The zero-order valence-corrected chi connectivity index (χ0v) is 20.5. The molecular formula is C23H32N8O7. The number of carboxylic acid groups (broad SMARTS) is 2. The third-order valence-electron chi connectivity index (χ3n) is 5.46. The van der Waals surface area contributed by atoms with Gasteiger partial charge in [-0.15, -0.1) is 0 Å². The molecule has 15 nitrogen and oxygen atoms in total. The lowest BCUT2D eigenvalue weighted by Crippen LogP contribution is -2.56. The summed E-state index contributed by atoms with van der Waals surface area (Å²) in [4.78, 5) is 67.3. The second-order valence-corrected chi connectivity index (χ2v) is 8.45. The van der Waals surface area contributed by atoms with Gasteiger partial charge in [0.1, 0.15) is 18.6 Å². The minimum atomic E-state index is -1.42. The molecule has 3 atom stereocenters. The molecule has 1 aromatic carbocycles. The number of aromatic amines is 1. The number of benzene rings is 1. The molecule has 0 aliphatic rings. The van der Waals surface area contributed by atoms with Crippen LogP contribution in [-0.4, -0.2) is 82.0 Å². The lowest BCUT2D eigenvalue weighted by atomic mass is 10.0. The minimum absolute atomic E-state index is 0.00833. The Morgan fingerprint density at radius 2 is 1.63 bits per heavy atom. The van der Waals surface area contributed by atoms with Crippen LogP contribution in [0, 0.1) is 0 Å². The molecule has 3 amide bonds. The average molecular weight is 533 g/mol. The summed E-state index contributed by atoms with van der Waals surface area (Å²) in [5.41, 5.74) is 17.7. The number of carbonyl (C=O) groups excluding carboxylic acids is 3. The largest absolute Gasteiger partial charge is 0.481 e. The molecule has 0 spiro atoms. The van der Waals surface area contributed by atoms with E-state index in [1.807, 2.05) is 18.2 Å². The fourth-order valence-corrected chi connectivity index (χ4v) is 3.62. The van der Waals surface area contributed by atoms with E-state index in [4.69, 9.17) is 27.4 Å². The summed E-state index contributed by atoms with van der Waals surface area (Å²) in [5, 5.41) is 25.9. The molecule has 0 bridgehead atoms. The van der Waals surface area contributed by atoms with Crippen LogP contribution in [0.3, 0.4) is 0 Å². The van der Waals surface area contributed by atoms with Crippen molar-refractivity contribution in [1.29, 1.82) is 0 Å². The number of hydrogen-bond acceptors (Lipinski definition) is 7. The van der Waals surface area contributed by atoms with Gasteiger partial charge in [-0.3, -0.25) is 29.0 Å². The number of amides is 3. The monoisotopic (exact) mass is 532 g/mol. The predicted octanol–water partition coefficient (Wildman–Crippen LogP) is -2.26. The van der Waals surface area contributed by atoms with Crippen molar-refractivity contribution in [2.45, 2.75) is 43.8 Å². The van der Waals surface area contributed by atoms with Crippen LogP contribution in [0.4, 0.5) is 0 Å². The molecule has 1 aromatic heterocycles. The van der Waals surface area contributed by atoms with Crippen molar-refractivity contribution in [2.75, 3.05) is 13.1 Å². The van der Waals surface area contributed by atoms with Crippen molar-refractivity contribution in [2.24, 2.45) is 22.2 Å². The summed E-state index contributed by atoms with van der Waals surface area (Å²) in [7, 11) is 0. The highest BCUT2D eigenvalue weighted by Crippen LogP contribution is 2.19. The molecule has 2 rings (SSSR count). The lowest BCUT2D eigenvalue weighted by Gasteiger charge is -2.24. The molecule has 0 aliphatic heterocycles. The number of carbonyl (C=O) groups is 5. The molecule has 0 radical (unpaired) electrons. The Hall–Kier alpha value is -4.66. The lowest BCUT2D eigenvalue weighted by molar-refractivity contribution is -0.139. The van der Waals surface area contributed by atoms with Crippen LogP contribution < -0.4 is 33.2 Å². The van der Waals surface area contributed by atoms with Gasteiger partial charge in [0.25, 0.3) is 0 Å². The SMILES string of the molecule is NC(N)=NCCCC(NC(=O)C(N)CC(=O)O)C(=O)NC(Cc1c[nH]c2ccccc12)C(=O)NCC(=O)O. The third-order valence-corrected chi connectivity index (χ3v) is 5.46. The fourth-order valence-electron chi connectivity index (χ4n) is 3.62. The van der Waals surface area contributed by atoms with Gasteiger partial charge < -0.3 is 48.3 Å². The summed E-state index contributed by atoms with van der Waals surface area (Å²) >= 11 is 0. The van der Waals surface area contributed by atoms with Crippen LogP contribution in [0.15, 0.2) is 35.5 Å². The van der Waals surface area contributed by atoms with E-state index in [-0.39, 0.29) is 31.8 Å². The van der Waals surface area contributed by atoms with E-state index in [1.165, 1.54) is 0 Å². The van der Waals surface area contributed by atoms with Gasteiger partial charge in [-0.05, 0) is 24.5 Å². The summed E-state index contributed by atoms with van der Waals surface area (Å²) in [6.45, 7) is -0.525. The number of fused-ring (bicyclic) bond motifs is 1. The molecule has 12 N–H and O–H groups in total. The number of rotatable bonds is 15. The number of aliphatic carboxylic acids is 2. The highest BCUT2D eigenvalue weighted by Gasteiger charge is 2.29. The molecule has 0 saturated carbocycles. The van der Waals surface area contributed by atoms with Gasteiger partial charge in [-0.1, -0.05) is 18.2 Å². The van der Waals surface area contributed by atoms with Crippen molar-refractivity contribution in [3.8, 4) is 0 Å². The normalized spacial score (nSPS) is 13.1. The molecule has 0 saturated heterocycles. The van der Waals surface area contributed by atoms with Crippen LogP contribution >= 0.6 is 0 Å². The second kappa shape index (κ2) is 14.2. The van der Waals surface area contributed by atoms with E-state index in [0.29, 0.717) is 5.56 Å². The number of nitrogens with two attached hydrogens (primary N) is 3. The molecule has 15 heteroatoms. The van der Waals surface area contributed by atoms with Gasteiger partial charge >= 0.3 is 11.9 Å². The summed E-state index contributed by atoms with van der Waals surface area (Å²) in [5.74, 6) is -5.12. The van der Waals surface area contributed by atoms with Gasteiger partial charge in [0, 0.05) is 30.1 Å². The number of aromatic nitrogens is 1. The fraction of sp³-hybridized carbons (Fsp3) is 0.391. The molecule has 0 aliphatic carbocycles. The van der Waals surface area contributed by atoms with Crippen molar-refractivity contribution >= 4 is 46.5 Å². The number of nitrogens with zero attached hydrogens (tertiary/aromatic N) is 1. The van der Waals surface area contributed by atoms with E-state index in [0.717, 1.165) is 10.9 Å². The average Bonchev–Trinajstić information content (AvgIpc) is 3.25. The molecule has 3 unspecified atom stereocenters. The van der Waals surface area contributed by atoms with Crippen molar-refractivity contribution in [3.63, 3.8) is 0 Å². The van der Waals surface area contributed by atoms with Crippen molar-refractivity contribution < 1.29 is 34.2 Å². The first-order valence-electron chi connectivity index (χ1n) is 11.7. The maximum Gasteiger partial charge on any atom is 0.322 e. The number of nitrogens with one attached hydrogen (secondary N) is 4. The van der Waals surface area contributed by atoms with E-state index in [2.05, 4.69) is 25.9 Å². The van der Waals surface area contributed by atoms with Crippen molar-refractivity contribution in [1.82, 2.24) is 20.9 Å². The highest BCUT2D eigenvalue weighted by atomic mass is 16.4. The number of H-pyrrole nitrogens is 1. The van der Waals surface area contributed by atoms with Gasteiger partial charge in [0.05, 0.1) is 12.5 Å². The van der Waals surface area contributed by atoms with Gasteiger partial charge in [-0.25, -0.2) is 0 Å². The van der Waals surface area contributed by atoms with E-state index >= 15 is 0 Å². The second-order valence-electron chi connectivity index (χ2n) is 8.45. The van der Waals surface area contributed by atoms with E-state index < -0.39 is 60.8 Å². The Morgan fingerprint density at radius 1 is 0.947 bits per heavy atom. The zero-order chi connectivity index (χ0) is 28.2. The number of aliphatic imine (C=N–C) groups is 1. The molecule has 206 valence electrons. The standard InChI is InChI=1S/C23H32N8O7/c24-14(9-18(32)33)20(36)30-16(6-3-7-27-23(25)26)22(38)31-17(21(37)29-11-19(34)35)8-12-10-28-15-5-2-1-4-13(12)15/h1-2,4-5,10,14,16-17,28H,3,6-9,11,24H2,(H,29,37)(H,30,36)(H,31,38)(H,32,33)(H,34,35)(H4,25,26,27). The van der Waals surface area contributed by atoms with Gasteiger partial charge in [0.15, 0.2) is 5.96 Å². The predicted molar refractivity (Wildman–Crippen MR) is 137 cm³/mol. The van der Waals surface area contributed by atoms with Gasteiger partial charge in [0.2, 0.25) is 17.7 Å². The third kappa shape index (κ3) is 9.42. The summed E-state index contributed by atoms with van der Waals surface area (Å²) in [6.07, 6.45) is 1.31. The van der Waals surface area contributed by atoms with E-state index in [9.17, 15) is 24.0 Å². The summed E-state index contributed by atoms with van der Waals surface area (Å²) in [6, 6.07) is 3.46. The Bertz CT molecular complexity index is 1190. The van der Waals surface area contributed by atoms with Crippen LogP contribution in [0.5, 0.6) is 0 Å². The first-order valence-corrected chi connectivity index (χ1v) is 11.7. The topological polar surface area (TPSA) is 268 Å². The highest BCUT2D eigenvalue weighted by molar-refractivity contribution is 5.95. The van der Waals surface area contributed by atoms with Gasteiger partial charge in [-0.2, -0.15) is 0 Å². The summed E-state index contributed by atoms with van der Waals surface area (Å²) < 4.78 is 0. The zero-order valence-electron chi connectivity index (χ0n) is 20.5.